The molecule has 0 radical (unpaired) electrons. The Morgan fingerprint density at radius 2 is 1.47 bits per heavy atom. The fourth-order valence-electron chi connectivity index (χ4n) is 6.55. The van der Waals surface area contributed by atoms with Gasteiger partial charge in [-0.2, -0.15) is 0 Å². The third kappa shape index (κ3) is 5.11. The third-order valence-corrected chi connectivity index (χ3v) is 9.08. The monoisotopic (exact) mass is 787 g/mol. The molecule has 0 saturated carbocycles. The van der Waals surface area contributed by atoms with E-state index in [1.165, 1.54) is 54.9 Å². The number of nitrogens with zero attached hydrogens (tertiary/aromatic N) is 4. The van der Waals surface area contributed by atoms with Crippen LogP contribution in [0.3, 0.4) is 0 Å². The Balaban J connectivity index is 0.000000186. The Morgan fingerprint density at radius 3 is 2.23 bits per heavy atom. The predicted octanol–water partition coefficient (Wildman–Crippen LogP) is 9.72. The molecular weight excluding hydrogens is 753 g/mol. The molecular formula is C42H34IrN4+. The summed E-state index contributed by atoms with van der Waals surface area (Å²) < 4.78 is 6.73. The van der Waals surface area contributed by atoms with E-state index < -0.39 is 0 Å². The van der Waals surface area contributed by atoms with Crippen LogP contribution in [0.5, 0.6) is 0 Å². The van der Waals surface area contributed by atoms with Crippen LogP contribution in [0.25, 0.3) is 66.1 Å². The van der Waals surface area contributed by atoms with Gasteiger partial charge in [0.25, 0.3) is 0 Å². The first-order chi connectivity index (χ1) is 22.4. The van der Waals surface area contributed by atoms with Gasteiger partial charge < -0.3 is 18.5 Å². The Kier molecular flexibility index (Phi) is 7.91. The number of benzene rings is 5. The van der Waals surface area contributed by atoms with E-state index >= 15 is 0 Å². The number of imidazole rings is 1. The molecule has 47 heavy (non-hydrogen) atoms. The van der Waals surface area contributed by atoms with E-state index in [4.69, 9.17) is 0 Å². The van der Waals surface area contributed by atoms with Crippen molar-refractivity contribution in [2.75, 3.05) is 0 Å². The number of aromatic nitrogens is 4. The van der Waals surface area contributed by atoms with Gasteiger partial charge in [-0.05, 0) is 61.6 Å². The van der Waals surface area contributed by atoms with Crippen LogP contribution in [0, 0.1) is 39.2 Å². The minimum Gasteiger partial charge on any atom is -0.358 e. The summed E-state index contributed by atoms with van der Waals surface area (Å²) in [6.45, 7) is 10.6. The standard InChI is InChI=1S/C28H20N3.C14H14N.Ir/c1-18(2)29-17-30(27-13-6-5-12-26(27)29)19-14-15-25-23(16-19)22-10-7-9-21-20-8-3-4-11-24(20)31(25)28(21)22;1-10-4-6-13(7-5-10)14-8-11(2)12(3)9-15-14;/h3-15,18H,1-2H3;4-6,8-9H,1-3H3;/q2*-1;+3. The maximum Gasteiger partial charge on any atom is 3.00 e. The van der Waals surface area contributed by atoms with Gasteiger partial charge >= 0.3 is 20.1 Å². The number of hydrogen-bond acceptors (Lipinski definition) is 1. The molecule has 9 aromatic rings. The van der Waals surface area contributed by atoms with Crippen LogP contribution in [0.4, 0.5) is 0 Å². The Morgan fingerprint density at radius 1 is 0.723 bits per heavy atom. The van der Waals surface area contributed by atoms with Gasteiger partial charge in [-0.3, -0.25) is 0 Å². The fraction of sp³-hybridized carbons (Fsp3) is 0.143. The van der Waals surface area contributed by atoms with Crippen LogP contribution in [0.1, 0.15) is 36.6 Å². The summed E-state index contributed by atoms with van der Waals surface area (Å²) in [6, 6.07) is 43.7. The van der Waals surface area contributed by atoms with Gasteiger partial charge in [-0.15, -0.1) is 59.0 Å². The van der Waals surface area contributed by atoms with Crippen LogP contribution in [-0.2, 0) is 20.1 Å². The van der Waals surface area contributed by atoms with E-state index in [2.05, 4.69) is 169 Å². The summed E-state index contributed by atoms with van der Waals surface area (Å²) in [6.07, 6.45) is 5.48. The molecule has 0 spiro atoms. The minimum atomic E-state index is 0. The maximum absolute atomic E-state index is 4.41. The number of aryl methyl sites for hydroxylation is 3. The zero-order valence-corrected chi connectivity index (χ0v) is 29.5. The van der Waals surface area contributed by atoms with E-state index in [9.17, 15) is 0 Å². The van der Waals surface area contributed by atoms with Gasteiger partial charge in [0.05, 0.1) is 17.1 Å². The van der Waals surface area contributed by atoms with Crippen LogP contribution >= 0.6 is 0 Å². The fourth-order valence-corrected chi connectivity index (χ4v) is 6.55. The maximum atomic E-state index is 4.41. The Bertz CT molecular complexity index is 2540. The summed E-state index contributed by atoms with van der Waals surface area (Å²) in [5, 5.41) is 5.01. The second-order valence-corrected chi connectivity index (χ2v) is 12.5. The molecule has 230 valence electrons. The molecule has 5 aromatic carbocycles. The van der Waals surface area contributed by atoms with Crippen molar-refractivity contribution in [3.63, 3.8) is 0 Å². The Labute approximate surface area is 288 Å². The van der Waals surface area contributed by atoms with Crippen molar-refractivity contribution >= 4 is 49.1 Å². The summed E-state index contributed by atoms with van der Waals surface area (Å²) in [4.78, 5) is 4.41. The molecule has 0 aliphatic rings. The van der Waals surface area contributed by atoms with Crippen LogP contribution in [-0.4, -0.2) is 14.0 Å². The summed E-state index contributed by atoms with van der Waals surface area (Å²) in [5.41, 5.74) is 12.9. The molecule has 0 aliphatic heterocycles. The van der Waals surface area contributed by atoms with Crippen molar-refractivity contribution in [3.8, 4) is 16.9 Å². The number of pyridine rings is 1. The number of para-hydroxylation sites is 4. The predicted molar refractivity (Wildman–Crippen MR) is 189 cm³/mol. The molecule has 9 rings (SSSR count). The molecule has 0 N–H and O–H groups in total. The second-order valence-electron chi connectivity index (χ2n) is 12.5. The normalized spacial score (nSPS) is 11.5. The molecule has 5 heteroatoms. The van der Waals surface area contributed by atoms with Crippen molar-refractivity contribution < 1.29 is 24.7 Å². The minimum absolute atomic E-state index is 0. The van der Waals surface area contributed by atoms with E-state index in [0.29, 0.717) is 6.04 Å². The number of fused-ring (bicyclic) bond motifs is 7. The van der Waals surface area contributed by atoms with E-state index in [1.54, 1.807) is 0 Å². The molecule has 0 saturated heterocycles. The SMILES string of the molecule is CC(C)[n+]1[c-]n(-c2[c-]c3c4cccc5c6ccccc6n(c3cc2)c45)c2ccccc21.Cc1c[c-]c(-c2cc(C)c(C)cn2)cc1.[Ir+3]. The number of hydrogen-bond donors (Lipinski definition) is 0. The molecule has 0 fully saturated rings. The quantitative estimate of drug-likeness (QED) is 0.130. The molecule has 4 nitrogen and oxygen atoms in total. The first kappa shape index (κ1) is 30.8. The van der Waals surface area contributed by atoms with Crippen molar-refractivity contribution in [1.29, 1.82) is 0 Å². The van der Waals surface area contributed by atoms with Gasteiger partial charge in [-0.25, -0.2) is 0 Å². The van der Waals surface area contributed by atoms with Crippen molar-refractivity contribution in [1.82, 2.24) is 14.0 Å². The molecule has 0 atom stereocenters. The second kappa shape index (κ2) is 12.1. The van der Waals surface area contributed by atoms with E-state index in [1.807, 2.05) is 12.3 Å². The molecule has 0 bridgehead atoms. The van der Waals surface area contributed by atoms with Crippen LogP contribution in [0.15, 0.2) is 109 Å². The van der Waals surface area contributed by atoms with Gasteiger partial charge in [0.2, 0.25) is 6.33 Å². The number of rotatable bonds is 3. The zero-order chi connectivity index (χ0) is 31.5. The van der Waals surface area contributed by atoms with Gasteiger partial charge in [0.15, 0.2) is 0 Å². The van der Waals surface area contributed by atoms with Gasteiger partial charge in [0, 0.05) is 22.6 Å². The summed E-state index contributed by atoms with van der Waals surface area (Å²) in [7, 11) is 0. The van der Waals surface area contributed by atoms with Crippen LogP contribution in [0.2, 0.25) is 0 Å². The van der Waals surface area contributed by atoms with Crippen molar-refractivity contribution in [2.45, 2.75) is 40.7 Å². The summed E-state index contributed by atoms with van der Waals surface area (Å²) in [5.74, 6) is 0. The molecule has 0 amide bonds. The topological polar surface area (TPSA) is 26.1 Å². The van der Waals surface area contributed by atoms with Crippen molar-refractivity contribution in [3.05, 3.63) is 144 Å². The van der Waals surface area contributed by atoms with Crippen molar-refractivity contribution in [2.24, 2.45) is 0 Å². The van der Waals surface area contributed by atoms with Gasteiger partial charge in [0.1, 0.15) is 0 Å². The average Bonchev–Trinajstić information content (AvgIpc) is 3.74. The van der Waals surface area contributed by atoms with E-state index in [0.717, 1.165) is 27.8 Å². The summed E-state index contributed by atoms with van der Waals surface area (Å²) >= 11 is 0. The van der Waals surface area contributed by atoms with Gasteiger partial charge in [-0.1, -0.05) is 84.6 Å². The van der Waals surface area contributed by atoms with Crippen LogP contribution < -0.4 is 4.57 Å². The largest absolute Gasteiger partial charge is 3.00 e. The smallest absolute Gasteiger partial charge is 0.358 e. The Hall–Kier alpha value is -4.83. The molecule has 4 aromatic heterocycles. The first-order valence-corrected chi connectivity index (χ1v) is 15.8. The molecule has 4 heterocycles. The van der Waals surface area contributed by atoms with E-state index in [-0.39, 0.29) is 20.1 Å². The molecule has 0 unspecified atom stereocenters. The zero-order valence-electron chi connectivity index (χ0n) is 27.1. The first-order valence-electron chi connectivity index (χ1n) is 15.8. The molecule has 0 aliphatic carbocycles. The third-order valence-electron chi connectivity index (χ3n) is 9.08. The average molecular weight is 787 g/mol.